The van der Waals surface area contributed by atoms with Gasteiger partial charge in [0.15, 0.2) is 0 Å². The number of rotatable bonds is 6. The Morgan fingerprint density at radius 1 is 1.40 bits per heavy atom. The van der Waals surface area contributed by atoms with Gasteiger partial charge >= 0.3 is 0 Å². The second-order valence-corrected chi connectivity index (χ2v) is 6.35. The number of aromatic nitrogens is 1. The minimum atomic E-state index is -0.332. The molecule has 2 amide bonds. The molecule has 1 aliphatic rings. The molecule has 1 aliphatic heterocycles. The predicted molar refractivity (Wildman–Crippen MR) is 92.6 cm³/mol. The van der Waals surface area contributed by atoms with Crippen LogP contribution in [0, 0.1) is 5.92 Å². The number of likely N-dealkylation sites (tertiary alicyclic amines) is 1. The number of carbonyl (C=O) groups is 2. The molecule has 2 aromatic heterocycles. The van der Waals surface area contributed by atoms with Crippen molar-refractivity contribution >= 4 is 17.6 Å². The number of pyridine rings is 1. The molecule has 1 unspecified atom stereocenters. The van der Waals surface area contributed by atoms with Crippen molar-refractivity contribution in [1.82, 2.24) is 15.2 Å². The number of furan rings is 1. The lowest BCUT2D eigenvalue weighted by Crippen LogP contribution is -2.33. The van der Waals surface area contributed by atoms with Gasteiger partial charge in [0.1, 0.15) is 11.6 Å². The molecule has 7 heteroatoms. The van der Waals surface area contributed by atoms with Crippen LogP contribution in [0.1, 0.15) is 17.7 Å². The van der Waals surface area contributed by atoms with Crippen molar-refractivity contribution in [2.75, 3.05) is 25.5 Å². The van der Waals surface area contributed by atoms with E-state index in [0.29, 0.717) is 19.6 Å². The van der Waals surface area contributed by atoms with Crippen LogP contribution in [0.2, 0.25) is 0 Å². The fourth-order valence-corrected chi connectivity index (χ4v) is 2.99. The van der Waals surface area contributed by atoms with Crippen molar-refractivity contribution in [1.29, 1.82) is 0 Å². The van der Waals surface area contributed by atoms with Crippen molar-refractivity contribution in [3.63, 3.8) is 0 Å². The Kier molecular flexibility index (Phi) is 5.02. The van der Waals surface area contributed by atoms with Crippen molar-refractivity contribution in [3.05, 3.63) is 48.0 Å². The van der Waals surface area contributed by atoms with Gasteiger partial charge in [0, 0.05) is 45.4 Å². The van der Waals surface area contributed by atoms with Crippen LogP contribution in [-0.2, 0) is 22.7 Å². The minimum absolute atomic E-state index is 0.0214. The molecular formula is C18H22N4O3. The maximum absolute atomic E-state index is 12.4. The van der Waals surface area contributed by atoms with Gasteiger partial charge in [-0.3, -0.25) is 9.59 Å². The highest BCUT2D eigenvalue weighted by Gasteiger charge is 2.34. The zero-order valence-electron chi connectivity index (χ0n) is 14.4. The Morgan fingerprint density at radius 2 is 2.24 bits per heavy atom. The Labute approximate surface area is 146 Å². The van der Waals surface area contributed by atoms with E-state index in [-0.39, 0.29) is 24.2 Å². The third kappa shape index (κ3) is 3.99. The maximum Gasteiger partial charge on any atom is 0.225 e. The second kappa shape index (κ2) is 7.38. The molecule has 3 rings (SSSR count). The third-order valence-electron chi connectivity index (χ3n) is 4.26. The molecule has 1 fully saturated rings. The molecule has 1 N–H and O–H groups in total. The molecule has 2 aromatic rings. The Hall–Kier alpha value is -2.83. The molecule has 0 spiro atoms. The SMILES string of the molecule is CN(C)c1ncccc1CNC(=O)C1CC(=O)N(Cc2ccco2)C1. The van der Waals surface area contributed by atoms with Gasteiger partial charge in [-0.15, -0.1) is 0 Å². The number of hydrogen-bond donors (Lipinski definition) is 1. The average Bonchev–Trinajstić information content (AvgIpc) is 3.23. The van der Waals surface area contributed by atoms with Crippen LogP contribution in [0.25, 0.3) is 0 Å². The van der Waals surface area contributed by atoms with Gasteiger partial charge in [0.2, 0.25) is 11.8 Å². The van der Waals surface area contributed by atoms with Crippen LogP contribution < -0.4 is 10.2 Å². The van der Waals surface area contributed by atoms with Crippen LogP contribution in [0.4, 0.5) is 5.82 Å². The van der Waals surface area contributed by atoms with Gasteiger partial charge in [-0.2, -0.15) is 0 Å². The topological polar surface area (TPSA) is 78.7 Å². The summed E-state index contributed by atoms with van der Waals surface area (Å²) in [6.07, 6.45) is 3.54. The smallest absolute Gasteiger partial charge is 0.225 e. The summed E-state index contributed by atoms with van der Waals surface area (Å²) in [5.41, 5.74) is 0.942. The van der Waals surface area contributed by atoms with Crippen LogP contribution in [0.3, 0.4) is 0 Å². The first-order valence-electron chi connectivity index (χ1n) is 8.23. The lowest BCUT2D eigenvalue weighted by atomic mass is 10.1. The molecule has 132 valence electrons. The molecular weight excluding hydrogens is 320 g/mol. The fraction of sp³-hybridized carbons (Fsp3) is 0.389. The molecule has 0 radical (unpaired) electrons. The zero-order chi connectivity index (χ0) is 17.8. The zero-order valence-corrected chi connectivity index (χ0v) is 14.4. The van der Waals surface area contributed by atoms with Crippen molar-refractivity contribution in [2.45, 2.75) is 19.5 Å². The Bertz CT molecular complexity index is 743. The number of nitrogens with one attached hydrogen (secondary N) is 1. The summed E-state index contributed by atoms with van der Waals surface area (Å²) in [4.78, 5) is 32.5. The van der Waals surface area contributed by atoms with Crippen molar-refractivity contribution in [2.24, 2.45) is 5.92 Å². The summed E-state index contributed by atoms with van der Waals surface area (Å²) >= 11 is 0. The molecule has 25 heavy (non-hydrogen) atoms. The molecule has 0 aromatic carbocycles. The first-order valence-corrected chi connectivity index (χ1v) is 8.23. The quantitative estimate of drug-likeness (QED) is 0.859. The molecule has 0 aliphatic carbocycles. The summed E-state index contributed by atoms with van der Waals surface area (Å²) in [5.74, 6) is 1.09. The maximum atomic E-state index is 12.4. The molecule has 3 heterocycles. The lowest BCUT2D eigenvalue weighted by molar-refractivity contribution is -0.129. The van der Waals surface area contributed by atoms with E-state index >= 15 is 0 Å². The van der Waals surface area contributed by atoms with Crippen molar-refractivity contribution < 1.29 is 14.0 Å². The number of hydrogen-bond acceptors (Lipinski definition) is 5. The van der Waals surface area contributed by atoms with Crippen molar-refractivity contribution in [3.8, 4) is 0 Å². The third-order valence-corrected chi connectivity index (χ3v) is 4.26. The lowest BCUT2D eigenvalue weighted by Gasteiger charge is -2.17. The van der Waals surface area contributed by atoms with Crippen LogP contribution in [0.5, 0.6) is 0 Å². The van der Waals surface area contributed by atoms with E-state index < -0.39 is 0 Å². The molecule has 0 bridgehead atoms. The highest BCUT2D eigenvalue weighted by molar-refractivity contribution is 5.89. The van der Waals surface area contributed by atoms with Gasteiger partial charge < -0.3 is 19.5 Å². The number of nitrogens with zero attached hydrogens (tertiary/aromatic N) is 3. The first kappa shape index (κ1) is 17.0. The number of amides is 2. The molecule has 1 saturated heterocycles. The van der Waals surface area contributed by atoms with Gasteiger partial charge in [-0.25, -0.2) is 4.98 Å². The van der Waals surface area contributed by atoms with Crippen LogP contribution in [-0.4, -0.2) is 42.3 Å². The monoisotopic (exact) mass is 342 g/mol. The summed E-state index contributed by atoms with van der Waals surface area (Å²) in [7, 11) is 3.83. The highest BCUT2D eigenvalue weighted by atomic mass is 16.3. The van der Waals surface area contributed by atoms with E-state index in [2.05, 4.69) is 10.3 Å². The van der Waals surface area contributed by atoms with E-state index in [1.807, 2.05) is 37.2 Å². The number of anilines is 1. The Balaban J connectivity index is 1.56. The van der Waals surface area contributed by atoms with Crippen LogP contribution in [0.15, 0.2) is 41.1 Å². The summed E-state index contributed by atoms with van der Waals surface area (Å²) < 4.78 is 5.27. The highest BCUT2D eigenvalue weighted by Crippen LogP contribution is 2.21. The van der Waals surface area contributed by atoms with Crippen LogP contribution >= 0.6 is 0 Å². The molecule has 0 saturated carbocycles. The second-order valence-electron chi connectivity index (χ2n) is 6.35. The Morgan fingerprint density at radius 3 is 2.96 bits per heavy atom. The van der Waals surface area contributed by atoms with E-state index in [1.54, 1.807) is 23.4 Å². The van der Waals surface area contributed by atoms with Gasteiger partial charge in [0.05, 0.1) is 18.7 Å². The minimum Gasteiger partial charge on any atom is -0.467 e. The van der Waals surface area contributed by atoms with Gasteiger partial charge in [-0.05, 0) is 18.2 Å². The average molecular weight is 342 g/mol. The van der Waals surface area contributed by atoms with Gasteiger partial charge in [0.25, 0.3) is 0 Å². The summed E-state index contributed by atoms with van der Waals surface area (Å²) in [6.45, 7) is 1.21. The normalized spacial score (nSPS) is 17.0. The van der Waals surface area contributed by atoms with E-state index in [9.17, 15) is 9.59 Å². The summed E-state index contributed by atoms with van der Waals surface area (Å²) in [6, 6.07) is 7.40. The first-order chi connectivity index (χ1) is 12.0. The predicted octanol–water partition coefficient (Wildman–Crippen LogP) is 1.41. The summed E-state index contributed by atoms with van der Waals surface area (Å²) in [5, 5.41) is 2.93. The van der Waals surface area contributed by atoms with E-state index in [4.69, 9.17) is 4.42 Å². The largest absolute Gasteiger partial charge is 0.467 e. The van der Waals surface area contributed by atoms with E-state index in [1.165, 1.54) is 0 Å². The fourth-order valence-electron chi connectivity index (χ4n) is 2.99. The van der Waals surface area contributed by atoms with Gasteiger partial charge in [-0.1, -0.05) is 6.07 Å². The molecule has 7 nitrogen and oxygen atoms in total. The standard InChI is InChI=1S/C18H22N4O3/c1-21(2)17-13(5-3-7-19-17)10-20-18(24)14-9-16(23)22(11-14)12-15-6-4-8-25-15/h3-8,14H,9-12H2,1-2H3,(H,20,24). The van der Waals surface area contributed by atoms with E-state index in [0.717, 1.165) is 17.1 Å². The number of carbonyl (C=O) groups excluding carboxylic acids is 2. The molecule has 1 atom stereocenters.